The Bertz CT molecular complexity index is 1250. The second kappa shape index (κ2) is 10.8. The number of hydrogen-bond donors (Lipinski definition) is 2. The van der Waals surface area contributed by atoms with E-state index in [-0.39, 0.29) is 47.8 Å². The lowest BCUT2D eigenvalue weighted by Gasteiger charge is -2.33. The molecule has 1 aliphatic rings. The van der Waals surface area contributed by atoms with Crippen LogP contribution in [-0.4, -0.2) is 82.2 Å². The van der Waals surface area contributed by atoms with Crippen molar-refractivity contribution in [1.82, 2.24) is 9.21 Å². The maximum absolute atomic E-state index is 13.2. The number of aliphatic hydroxyl groups excluding tert-OH is 1. The van der Waals surface area contributed by atoms with Crippen molar-refractivity contribution in [1.29, 1.82) is 0 Å². The van der Waals surface area contributed by atoms with Gasteiger partial charge in [0, 0.05) is 30.8 Å². The molecule has 13 heteroatoms. The molecule has 3 atom stereocenters. The Morgan fingerprint density at radius 3 is 2.60 bits per heavy atom. The van der Waals surface area contributed by atoms with Gasteiger partial charge in [-0.25, -0.2) is 16.8 Å². The fourth-order valence-corrected chi connectivity index (χ4v) is 6.78. The number of nitrogens with zero attached hydrogens (tertiary/aromatic N) is 2. The minimum atomic E-state index is -3.72. The number of hydrogen-bond acceptors (Lipinski definition) is 8. The van der Waals surface area contributed by atoms with Crippen LogP contribution in [0.5, 0.6) is 5.75 Å². The van der Waals surface area contributed by atoms with E-state index < -0.39 is 32.2 Å². The number of likely N-dealkylation sites (N-methyl/N-ethyl adjacent to an activating group) is 1. The SMILES string of the molecule is C[C@H](CO)N1C[C@H](C)[C@H](CN(C)S(=O)(=O)c2cccs2)Oc2ccc(NS(C)(=O)=O)cc2CC1=O. The molecule has 194 valence electrons. The van der Waals surface area contributed by atoms with Gasteiger partial charge < -0.3 is 14.7 Å². The first kappa shape index (κ1) is 27.4. The standard InChI is InChI=1S/C22H31N3O7S3/c1-15-12-25(16(2)14-26)21(27)11-17-10-18(23-34(4,28)29)7-8-19(17)32-20(15)13-24(3)35(30,31)22-6-5-9-33-22/h5-10,15-16,20,23,26H,11-14H2,1-4H3/t15-,16+,20-/m0/s1. The van der Waals surface area contributed by atoms with Crippen LogP contribution < -0.4 is 9.46 Å². The minimum Gasteiger partial charge on any atom is -0.488 e. The van der Waals surface area contributed by atoms with Crippen LogP contribution in [0.25, 0.3) is 0 Å². The molecule has 3 rings (SSSR count). The van der Waals surface area contributed by atoms with E-state index in [1.54, 1.807) is 35.4 Å². The van der Waals surface area contributed by atoms with Crippen molar-refractivity contribution in [2.24, 2.45) is 5.92 Å². The number of benzene rings is 1. The van der Waals surface area contributed by atoms with Crippen LogP contribution in [0.1, 0.15) is 19.4 Å². The molecular formula is C22H31N3O7S3. The highest BCUT2D eigenvalue weighted by Gasteiger charge is 2.33. The summed E-state index contributed by atoms with van der Waals surface area (Å²) >= 11 is 1.13. The van der Waals surface area contributed by atoms with E-state index in [0.29, 0.717) is 11.3 Å². The molecule has 2 heterocycles. The van der Waals surface area contributed by atoms with E-state index in [0.717, 1.165) is 17.6 Å². The van der Waals surface area contributed by atoms with Gasteiger partial charge >= 0.3 is 0 Å². The van der Waals surface area contributed by atoms with Crippen molar-refractivity contribution in [2.75, 3.05) is 37.7 Å². The van der Waals surface area contributed by atoms with Gasteiger partial charge in [-0.2, -0.15) is 4.31 Å². The summed E-state index contributed by atoms with van der Waals surface area (Å²) in [5.74, 6) is -0.164. The highest BCUT2D eigenvalue weighted by molar-refractivity contribution is 7.92. The molecule has 0 fully saturated rings. The Hall–Kier alpha value is -2.19. The van der Waals surface area contributed by atoms with Crippen LogP contribution in [0.3, 0.4) is 0 Å². The van der Waals surface area contributed by atoms with Gasteiger partial charge in [0.15, 0.2) is 0 Å². The molecule has 0 aliphatic carbocycles. The molecule has 0 bridgehead atoms. The summed E-state index contributed by atoms with van der Waals surface area (Å²) in [6.45, 7) is 3.64. The topological polar surface area (TPSA) is 133 Å². The van der Waals surface area contributed by atoms with Crippen molar-refractivity contribution in [3.05, 3.63) is 41.3 Å². The Labute approximate surface area is 210 Å². The first-order chi connectivity index (χ1) is 16.3. The number of rotatable bonds is 8. The van der Waals surface area contributed by atoms with Crippen LogP contribution >= 0.6 is 11.3 Å². The number of fused-ring (bicyclic) bond motifs is 1. The Morgan fingerprint density at radius 1 is 1.29 bits per heavy atom. The third kappa shape index (κ3) is 6.73. The van der Waals surface area contributed by atoms with E-state index in [1.165, 1.54) is 23.5 Å². The average molecular weight is 546 g/mol. The maximum Gasteiger partial charge on any atom is 0.252 e. The van der Waals surface area contributed by atoms with Crippen molar-refractivity contribution < 1.29 is 31.5 Å². The van der Waals surface area contributed by atoms with Crippen LogP contribution in [0.2, 0.25) is 0 Å². The lowest BCUT2D eigenvalue weighted by atomic mass is 10.0. The molecule has 0 radical (unpaired) electrons. The summed E-state index contributed by atoms with van der Waals surface area (Å²) in [6.07, 6.45) is 0.339. The van der Waals surface area contributed by atoms with E-state index in [4.69, 9.17) is 4.74 Å². The van der Waals surface area contributed by atoms with Gasteiger partial charge in [0.25, 0.3) is 10.0 Å². The van der Waals surface area contributed by atoms with Crippen molar-refractivity contribution in [3.63, 3.8) is 0 Å². The second-order valence-electron chi connectivity index (χ2n) is 8.80. The second-order valence-corrected chi connectivity index (χ2v) is 13.8. The normalized spacial score (nSPS) is 20.4. The molecule has 10 nitrogen and oxygen atoms in total. The first-order valence-electron chi connectivity index (χ1n) is 11.0. The molecule has 1 aromatic carbocycles. The summed E-state index contributed by atoms with van der Waals surface area (Å²) in [4.78, 5) is 14.7. The van der Waals surface area contributed by atoms with Crippen molar-refractivity contribution in [2.45, 2.75) is 36.6 Å². The molecule has 35 heavy (non-hydrogen) atoms. The number of carbonyl (C=O) groups excluding carboxylic acids is 1. The minimum absolute atomic E-state index is 0.0275. The molecule has 1 aliphatic heterocycles. The number of carbonyl (C=O) groups is 1. The highest BCUT2D eigenvalue weighted by Crippen LogP contribution is 2.30. The zero-order valence-electron chi connectivity index (χ0n) is 20.0. The van der Waals surface area contributed by atoms with Gasteiger partial charge in [-0.1, -0.05) is 13.0 Å². The van der Waals surface area contributed by atoms with Crippen LogP contribution in [0.4, 0.5) is 5.69 Å². The summed E-state index contributed by atoms with van der Waals surface area (Å²) in [5.41, 5.74) is 0.743. The van der Waals surface area contributed by atoms with E-state index in [2.05, 4.69) is 4.72 Å². The smallest absolute Gasteiger partial charge is 0.252 e. The summed E-state index contributed by atoms with van der Waals surface area (Å²) in [6, 6.07) is 7.40. The van der Waals surface area contributed by atoms with Crippen LogP contribution in [0, 0.1) is 5.92 Å². The van der Waals surface area contributed by atoms with E-state index in [9.17, 15) is 26.7 Å². The van der Waals surface area contributed by atoms with Gasteiger partial charge in [0.05, 0.1) is 31.9 Å². The molecule has 2 aromatic rings. The Balaban J connectivity index is 1.99. The predicted molar refractivity (Wildman–Crippen MR) is 135 cm³/mol. The molecule has 0 spiro atoms. The molecule has 0 saturated carbocycles. The number of nitrogens with one attached hydrogen (secondary N) is 1. The Kier molecular flexibility index (Phi) is 8.48. The van der Waals surface area contributed by atoms with Gasteiger partial charge in [0.1, 0.15) is 16.1 Å². The van der Waals surface area contributed by atoms with Gasteiger partial charge in [-0.05, 0) is 36.6 Å². The number of sulfonamides is 2. The number of thiophene rings is 1. The van der Waals surface area contributed by atoms with Crippen molar-refractivity contribution in [3.8, 4) is 5.75 Å². The fourth-order valence-electron chi connectivity index (χ4n) is 3.84. The van der Waals surface area contributed by atoms with E-state index >= 15 is 0 Å². The largest absolute Gasteiger partial charge is 0.488 e. The molecule has 1 amide bonds. The Morgan fingerprint density at radius 2 is 2.00 bits per heavy atom. The van der Waals surface area contributed by atoms with Gasteiger partial charge in [0.2, 0.25) is 15.9 Å². The van der Waals surface area contributed by atoms with Crippen LogP contribution in [0.15, 0.2) is 39.9 Å². The highest BCUT2D eigenvalue weighted by atomic mass is 32.2. The molecule has 2 N–H and O–H groups in total. The van der Waals surface area contributed by atoms with E-state index in [1.807, 2.05) is 6.92 Å². The number of amides is 1. The lowest BCUT2D eigenvalue weighted by molar-refractivity contribution is -0.134. The van der Waals surface area contributed by atoms with Crippen LogP contribution in [-0.2, 0) is 31.3 Å². The number of aliphatic hydroxyl groups is 1. The first-order valence-corrected chi connectivity index (χ1v) is 15.2. The molecule has 0 unspecified atom stereocenters. The number of ether oxygens (including phenoxy) is 1. The third-order valence-corrected chi connectivity index (χ3v) is 9.62. The predicted octanol–water partition coefficient (Wildman–Crippen LogP) is 1.59. The summed E-state index contributed by atoms with van der Waals surface area (Å²) in [5, 5.41) is 11.4. The lowest BCUT2D eigenvalue weighted by Crippen LogP contribution is -2.48. The maximum atomic E-state index is 13.2. The average Bonchev–Trinajstić information content (AvgIpc) is 3.32. The monoisotopic (exact) mass is 545 g/mol. The summed E-state index contributed by atoms with van der Waals surface area (Å²) in [7, 11) is -5.77. The fraction of sp³-hybridized carbons (Fsp3) is 0.500. The zero-order valence-corrected chi connectivity index (χ0v) is 22.5. The van der Waals surface area contributed by atoms with Gasteiger partial charge in [-0.3, -0.25) is 9.52 Å². The molecule has 1 aromatic heterocycles. The van der Waals surface area contributed by atoms with Gasteiger partial charge in [-0.15, -0.1) is 11.3 Å². The summed E-state index contributed by atoms with van der Waals surface area (Å²) < 4.78 is 59.5. The third-order valence-electron chi connectivity index (χ3n) is 5.82. The van der Waals surface area contributed by atoms with Crippen molar-refractivity contribution >= 4 is 43.0 Å². The quantitative estimate of drug-likeness (QED) is 0.515. The molecule has 0 saturated heterocycles. The zero-order chi connectivity index (χ0) is 26.0. The number of anilines is 1. The molecular weight excluding hydrogens is 514 g/mol.